The molecule has 1 N–H and O–H groups in total. The SMILES string of the molecule is O=C(NCc1csc(Cc2ccccc2)n1)c1cccc(Oc2ccccc2)c1. The van der Waals surface area contributed by atoms with Gasteiger partial charge in [0.2, 0.25) is 0 Å². The van der Waals surface area contributed by atoms with Crippen molar-refractivity contribution in [3.05, 3.63) is 112 Å². The van der Waals surface area contributed by atoms with Gasteiger partial charge in [-0.1, -0.05) is 54.6 Å². The van der Waals surface area contributed by atoms with E-state index in [2.05, 4.69) is 22.4 Å². The van der Waals surface area contributed by atoms with Crippen molar-refractivity contribution >= 4 is 17.2 Å². The molecule has 0 aliphatic rings. The first-order valence-electron chi connectivity index (χ1n) is 9.35. The average molecular weight is 401 g/mol. The fourth-order valence-electron chi connectivity index (χ4n) is 2.88. The molecule has 1 aromatic heterocycles. The van der Waals surface area contributed by atoms with Gasteiger partial charge in [0.15, 0.2) is 0 Å². The number of carbonyl (C=O) groups is 1. The molecule has 0 unspecified atom stereocenters. The largest absolute Gasteiger partial charge is 0.457 e. The number of aromatic nitrogens is 1. The molecule has 29 heavy (non-hydrogen) atoms. The van der Waals surface area contributed by atoms with Gasteiger partial charge in [0.1, 0.15) is 11.5 Å². The van der Waals surface area contributed by atoms with Gasteiger partial charge in [-0.15, -0.1) is 11.3 Å². The fraction of sp³-hybridized carbons (Fsp3) is 0.0833. The molecule has 5 heteroatoms. The van der Waals surface area contributed by atoms with Crippen molar-refractivity contribution in [3.8, 4) is 11.5 Å². The summed E-state index contributed by atoms with van der Waals surface area (Å²) in [5, 5.41) is 5.97. The normalized spacial score (nSPS) is 10.5. The second kappa shape index (κ2) is 9.17. The number of amides is 1. The standard InChI is InChI=1S/C24H20N2O2S/c27-24(19-10-7-13-22(15-19)28-21-11-5-2-6-12-21)25-16-20-17-29-23(26-20)14-18-8-3-1-4-9-18/h1-13,15,17H,14,16H2,(H,25,27). The summed E-state index contributed by atoms with van der Waals surface area (Å²) in [6.45, 7) is 0.397. The molecule has 4 aromatic rings. The number of thiazole rings is 1. The number of nitrogens with one attached hydrogen (secondary N) is 1. The summed E-state index contributed by atoms with van der Waals surface area (Å²) < 4.78 is 5.80. The molecule has 0 aliphatic heterocycles. The minimum Gasteiger partial charge on any atom is -0.457 e. The van der Waals surface area contributed by atoms with Crippen LogP contribution in [0.5, 0.6) is 11.5 Å². The Morgan fingerprint density at radius 3 is 2.41 bits per heavy atom. The van der Waals surface area contributed by atoms with E-state index in [4.69, 9.17) is 4.74 Å². The van der Waals surface area contributed by atoms with E-state index >= 15 is 0 Å². The van der Waals surface area contributed by atoms with Crippen LogP contribution in [0, 0.1) is 0 Å². The molecule has 1 amide bonds. The highest BCUT2D eigenvalue weighted by atomic mass is 32.1. The zero-order chi connectivity index (χ0) is 19.9. The monoisotopic (exact) mass is 400 g/mol. The van der Waals surface area contributed by atoms with Crippen molar-refractivity contribution in [2.45, 2.75) is 13.0 Å². The number of rotatable bonds is 7. The van der Waals surface area contributed by atoms with Gasteiger partial charge in [0, 0.05) is 17.4 Å². The van der Waals surface area contributed by atoms with Crippen molar-refractivity contribution in [2.24, 2.45) is 0 Å². The summed E-state index contributed by atoms with van der Waals surface area (Å²) in [5.41, 5.74) is 2.65. The van der Waals surface area contributed by atoms with E-state index in [9.17, 15) is 4.79 Å². The Morgan fingerprint density at radius 2 is 1.62 bits per heavy atom. The third-order valence-electron chi connectivity index (χ3n) is 4.30. The van der Waals surface area contributed by atoms with E-state index in [0.717, 1.165) is 22.9 Å². The van der Waals surface area contributed by atoms with Crippen LogP contribution >= 0.6 is 11.3 Å². The Hall–Kier alpha value is -3.44. The Labute approximate surface area is 173 Å². The van der Waals surface area contributed by atoms with Gasteiger partial charge in [0.05, 0.1) is 17.2 Å². The minimum atomic E-state index is -0.152. The zero-order valence-electron chi connectivity index (χ0n) is 15.7. The minimum absolute atomic E-state index is 0.152. The van der Waals surface area contributed by atoms with Crippen molar-refractivity contribution in [2.75, 3.05) is 0 Å². The molecule has 0 aliphatic carbocycles. The van der Waals surface area contributed by atoms with Crippen LogP contribution < -0.4 is 10.1 Å². The Kier molecular flexibility index (Phi) is 5.98. The van der Waals surface area contributed by atoms with Crippen LogP contribution in [0.25, 0.3) is 0 Å². The molecule has 0 fully saturated rings. The second-order valence-corrected chi connectivity index (χ2v) is 7.46. The molecular weight excluding hydrogens is 380 g/mol. The molecule has 0 radical (unpaired) electrons. The van der Waals surface area contributed by atoms with Crippen molar-refractivity contribution in [1.82, 2.24) is 10.3 Å². The number of para-hydroxylation sites is 1. The van der Waals surface area contributed by atoms with Gasteiger partial charge in [0.25, 0.3) is 5.91 Å². The molecule has 0 bridgehead atoms. The Balaban J connectivity index is 1.35. The lowest BCUT2D eigenvalue weighted by Gasteiger charge is -2.08. The lowest BCUT2D eigenvalue weighted by molar-refractivity contribution is 0.0950. The van der Waals surface area contributed by atoms with E-state index in [1.54, 1.807) is 23.5 Å². The summed E-state index contributed by atoms with van der Waals surface area (Å²) in [6.07, 6.45) is 0.804. The van der Waals surface area contributed by atoms with Crippen LogP contribution in [0.3, 0.4) is 0 Å². The van der Waals surface area contributed by atoms with Gasteiger partial charge in [-0.25, -0.2) is 4.98 Å². The van der Waals surface area contributed by atoms with E-state index < -0.39 is 0 Å². The zero-order valence-corrected chi connectivity index (χ0v) is 16.6. The molecule has 0 atom stereocenters. The number of benzene rings is 3. The number of hydrogen-bond donors (Lipinski definition) is 1. The lowest BCUT2D eigenvalue weighted by Crippen LogP contribution is -2.22. The van der Waals surface area contributed by atoms with Gasteiger partial charge in [-0.05, 0) is 35.9 Å². The van der Waals surface area contributed by atoms with Crippen LogP contribution in [0.15, 0.2) is 90.3 Å². The summed E-state index contributed by atoms with van der Waals surface area (Å²) in [5.74, 6) is 1.21. The van der Waals surface area contributed by atoms with Crippen LogP contribution in [0.1, 0.15) is 26.6 Å². The highest BCUT2D eigenvalue weighted by Gasteiger charge is 2.09. The highest BCUT2D eigenvalue weighted by Crippen LogP contribution is 2.22. The lowest BCUT2D eigenvalue weighted by atomic mass is 10.2. The average Bonchev–Trinajstić information content (AvgIpc) is 3.21. The third-order valence-corrected chi connectivity index (χ3v) is 5.20. The maximum atomic E-state index is 12.5. The van der Waals surface area contributed by atoms with Crippen LogP contribution in [-0.4, -0.2) is 10.9 Å². The first-order chi connectivity index (χ1) is 14.3. The summed E-state index contributed by atoms with van der Waals surface area (Å²) in [6, 6.07) is 26.9. The first-order valence-corrected chi connectivity index (χ1v) is 10.2. The van der Waals surface area contributed by atoms with Crippen LogP contribution in [0.4, 0.5) is 0 Å². The maximum absolute atomic E-state index is 12.5. The molecule has 1 heterocycles. The van der Waals surface area contributed by atoms with Gasteiger partial charge < -0.3 is 10.1 Å². The molecule has 4 rings (SSSR count). The predicted octanol–water partition coefficient (Wildman–Crippen LogP) is 5.46. The quantitative estimate of drug-likeness (QED) is 0.448. The third kappa shape index (κ3) is 5.30. The summed E-state index contributed by atoms with van der Waals surface area (Å²) >= 11 is 1.61. The number of nitrogens with zero attached hydrogens (tertiary/aromatic N) is 1. The number of carbonyl (C=O) groups excluding carboxylic acids is 1. The van der Waals surface area contributed by atoms with E-state index in [1.165, 1.54) is 5.56 Å². The van der Waals surface area contributed by atoms with E-state index in [1.807, 2.05) is 66.0 Å². The first kappa shape index (κ1) is 18.9. The molecule has 3 aromatic carbocycles. The summed E-state index contributed by atoms with van der Waals surface area (Å²) in [7, 11) is 0. The molecule has 144 valence electrons. The maximum Gasteiger partial charge on any atom is 0.251 e. The molecular formula is C24H20N2O2S. The van der Waals surface area contributed by atoms with Gasteiger partial charge in [-0.2, -0.15) is 0 Å². The van der Waals surface area contributed by atoms with Crippen molar-refractivity contribution < 1.29 is 9.53 Å². The van der Waals surface area contributed by atoms with Gasteiger partial charge >= 0.3 is 0 Å². The van der Waals surface area contributed by atoms with Gasteiger partial charge in [-0.3, -0.25) is 4.79 Å². The van der Waals surface area contributed by atoms with E-state index in [0.29, 0.717) is 17.9 Å². The molecule has 4 nitrogen and oxygen atoms in total. The topological polar surface area (TPSA) is 51.2 Å². The van der Waals surface area contributed by atoms with Crippen molar-refractivity contribution in [1.29, 1.82) is 0 Å². The number of hydrogen-bond acceptors (Lipinski definition) is 4. The van der Waals surface area contributed by atoms with Crippen LogP contribution in [-0.2, 0) is 13.0 Å². The van der Waals surface area contributed by atoms with Crippen LogP contribution in [0.2, 0.25) is 0 Å². The Bertz CT molecular complexity index is 1080. The Morgan fingerprint density at radius 1 is 0.897 bits per heavy atom. The highest BCUT2D eigenvalue weighted by molar-refractivity contribution is 7.09. The van der Waals surface area contributed by atoms with Crippen molar-refractivity contribution in [3.63, 3.8) is 0 Å². The smallest absolute Gasteiger partial charge is 0.251 e. The fourth-order valence-corrected chi connectivity index (χ4v) is 3.71. The molecule has 0 saturated heterocycles. The number of ether oxygens (including phenoxy) is 1. The molecule has 0 saturated carbocycles. The van der Waals surface area contributed by atoms with E-state index in [-0.39, 0.29) is 5.91 Å². The summed E-state index contributed by atoms with van der Waals surface area (Å²) in [4.78, 5) is 17.2. The predicted molar refractivity (Wildman–Crippen MR) is 115 cm³/mol. The second-order valence-electron chi connectivity index (χ2n) is 6.52. The molecule has 0 spiro atoms.